The van der Waals surface area contributed by atoms with Crippen molar-refractivity contribution in [2.24, 2.45) is 5.10 Å². The van der Waals surface area contributed by atoms with Crippen molar-refractivity contribution < 1.29 is 4.79 Å². The molecular formula is C22H26N6O3S2. The second kappa shape index (κ2) is 9.75. The highest BCUT2D eigenvalue weighted by atomic mass is 32.1. The number of hydrogen-bond acceptors (Lipinski definition) is 8. The van der Waals surface area contributed by atoms with Crippen molar-refractivity contribution in [3.63, 3.8) is 0 Å². The molecule has 0 aromatic carbocycles. The maximum atomic E-state index is 13.4. The number of thiophene rings is 2. The van der Waals surface area contributed by atoms with Crippen molar-refractivity contribution in [1.82, 2.24) is 14.6 Å². The number of anilines is 2. The topological polar surface area (TPSA) is 117 Å². The number of amides is 1. The average Bonchev–Trinajstić information content (AvgIpc) is 3.54. The second-order valence-corrected chi connectivity index (χ2v) is 9.78. The third kappa shape index (κ3) is 4.64. The van der Waals surface area contributed by atoms with Crippen molar-refractivity contribution in [3.05, 3.63) is 65.6 Å². The van der Waals surface area contributed by atoms with Gasteiger partial charge in [-0.05, 0) is 29.3 Å². The molecule has 9 nitrogen and oxygen atoms in total. The molecule has 4 rings (SSSR count). The van der Waals surface area contributed by atoms with E-state index in [1.807, 2.05) is 41.9 Å². The van der Waals surface area contributed by atoms with Crippen LogP contribution in [0.4, 0.5) is 11.5 Å². The summed E-state index contributed by atoms with van der Waals surface area (Å²) >= 11 is 3.17. The number of nitrogen functional groups attached to an aromatic ring is 1. The quantitative estimate of drug-likeness (QED) is 0.508. The van der Waals surface area contributed by atoms with Crippen molar-refractivity contribution in [2.75, 3.05) is 24.2 Å². The Morgan fingerprint density at radius 1 is 1.27 bits per heavy atom. The van der Waals surface area contributed by atoms with E-state index in [2.05, 4.69) is 10.1 Å². The van der Waals surface area contributed by atoms with Gasteiger partial charge in [-0.1, -0.05) is 25.5 Å². The molecule has 1 atom stereocenters. The molecule has 0 aliphatic carbocycles. The van der Waals surface area contributed by atoms with E-state index in [1.165, 1.54) is 14.5 Å². The van der Waals surface area contributed by atoms with E-state index in [0.29, 0.717) is 13.0 Å². The predicted molar refractivity (Wildman–Crippen MR) is 133 cm³/mol. The SMILES string of the molecule is CCCCn1c(N)c(N(C)CC(=O)N2N=C(c3cccs3)CC2c2cccs2)c(=O)[nH]c1=O. The fourth-order valence-corrected chi connectivity index (χ4v) is 5.41. The van der Waals surface area contributed by atoms with Crippen LogP contribution in [-0.2, 0) is 11.3 Å². The molecule has 0 fully saturated rings. The normalized spacial score (nSPS) is 15.6. The van der Waals surface area contributed by atoms with Crippen LogP contribution in [0, 0.1) is 0 Å². The number of hydrogen-bond donors (Lipinski definition) is 2. The van der Waals surface area contributed by atoms with Crippen molar-refractivity contribution in [2.45, 2.75) is 38.8 Å². The molecule has 1 aliphatic heterocycles. The number of nitrogens with zero attached hydrogens (tertiary/aromatic N) is 4. The first-order valence-electron chi connectivity index (χ1n) is 10.7. The highest BCUT2D eigenvalue weighted by Crippen LogP contribution is 2.36. The van der Waals surface area contributed by atoms with Gasteiger partial charge < -0.3 is 10.6 Å². The number of aromatic amines is 1. The van der Waals surface area contributed by atoms with Gasteiger partial charge >= 0.3 is 5.69 Å². The minimum atomic E-state index is -0.612. The summed E-state index contributed by atoms with van der Waals surface area (Å²) in [6.45, 7) is 2.29. The van der Waals surface area contributed by atoms with Crippen molar-refractivity contribution in [1.29, 1.82) is 0 Å². The molecule has 1 amide bonds. The average molecular weight is 487 g/mol. The Labute approximate surface area is 198 Å². The number of carbonyl (C=O) groups is 1. The van der Waals surface area contributed by atoms with Gasteiger partial charge in [0.05, 0.1) is 23.2 Å². The van der Waals surface area contributed by atoms with Crippen molar-refractivity contribution >= 4 is 45.8 Å². The maximum absolute atomic E-state index is 13.4. The molecule has 11 heteroatoms. The number of aromatic nitrogens is 2. The fraction of sp³-hybridized carbons (Fsp3) is 0.364. The first-order chi connectivity index (χ1) is 15.9. The Morgan fingerprint density at radius 2 is 2.03 bits per heavy atom. The largest absolute Gasteiger partial charge is 0.383 e. The lowest BCUT2D eigenvalue weighted by atomic mass is 10.1. The summed E-state index contributed by atoms with van der Waals surface area (Å²) < 4.78 is 1.35. The first-order valence-corrected chi connectivity index (χ1v) is 12.5. The maximum Gasteiger partial charge on any atom is 0.330 e. The Balaban J connectivity index is 1.61. The van der Waals surface area contributed by atoms with Crippen LogP contribution < -0.4 is 21.9 Å². The Morgan fingerprint density at radius 3 is 2.70 bits per heavy atom. The van der Waals surface area contributed by atoms with Crippen LogP contribution in [0.25, 0.3) is 0 Å². The van der Waals surface area contributed by atoms with E-state index in [0.717, 1.165) is 28.3 Å². The summed E-state index contributed by atoms with van der Waals surface area (Å²) in [5.74, 6) is -0.195. The van der Waals surface area contributed by atoms with E-state index >= 15 is 0 Å². The summed E-state index contributed by atoms with van der Waals surface area (Å²) in [4.78, 5) is 44.0. The smallest absolute Gasteiger partial charge is 0.330 e. The van der Waals surface area contributed by atoms with Gasteiger partial charge in [0.2, 0.25) is 0 Å². The summed E-state index contributed by atoms with van der Waals surface area (Å²) in [6, 6.07) is 7.71. The third-order valence-electron chi connectivity index (χ3n) is 5.55. The second-order valence-electron chi connectivity index (χ2n) is 7.85. The molecule has 0 saturated carbocycles. The van der Waals surface area contributed by atoms with Crippen LogP contribution in [-0.4, -0.2) is 39.8 Å². The minimum absolute atomic E-state index is 0.0616. The number of nitrogens with one attached hydrogen (secondary N) is 1. The molecule has 1 unspecified atom stereocenters. The molecule has 0 spiro atoms. The van der Waals surface area contributed by atoms with Gasteiger partial charge in [0.15, 0.2) is 0 Å². The summed E-state index contributed by atoms with van der Waals surface area (Å²) in [5.41, 5.74) is 6.01. The highest BCUT2D eigenvalue weighted by Gasteiger charge is 2.34. The van der Waals surface area contributed by atoms with Gasteiger partial charge in [0.1, 0.15) is 11.5 Å². The monoisotopic (exact) mass is 486 g/mol. The number of carbonyl (C=O) groups excluding carboxylic acids is 1. The van der Waals surface area contributed by atoms with Crippen LogP contribution >= 0.6 is 22.7 Å². The molecule has 0 radical (unpaired) electrons. The van der Waals surface area contributed by atoms with Crippen LogP contribution in [0.3, 0.4) is 0 Å². The summed E-state index contributed by atoms with van der Waals surface area (Å²) in [7, 11) is 1.62. The van der Waals surface area contributed by atoms with Crippen LogP contribution in [0.5, 0.6) is 0 Å². The van der Waals surface area contributed by atoms with Crippen LogP contribution in [0.1, 0.15) is 42.0 Å². The Hall–Kier alpha value is -3.18. The van der Waals surface area contributed by atoms with E-state index in [4.69, 9.17) is 5.73 Å². The van der Waals surface area contributed by atoms with Gasteiger partial charge in [-0.2, -0.15) is 5.10 Å². The third-order valence-corrected chi connectivity index (χ3v) is 7.44. The molecule has 3 aromatic heterocycles. The molecule has 174 valence electrons. The Bertz CT molecular complexity index is 1260. The molecule has 0 bridgehead atoms. The summed E-state index contributed by atoms with van der Waals surface area (Å²) in [5, 5.41) is 10.1. The lowest BCUT2D eigenvalue weighted by Crippen LogP contribution is -2.41. The molecular weight excluding hydrogens is 460 g/mol. The van der Waals surface area contributed by atoms with Gasteiger partial charge in [0.25, 0.3) is 11.5 Å². The molecule has 3 aromatic rings. The van der Waals surface area contributed by atoms with E-state index in [-0.39, 0.29) is 30.0 Å². The van der Waals surface area contributed by atoms with E-state index in [9.17, 15) is 14.4 Å². The molecule has 0 saturated heterocycles. The number of nitrogens with two attached hydrogens (primary N) is 1. The van der Waals surface area contributed by atoms with Gasteiger partial charge in [-0.15, -0.1) is 22.7 Å². The zero-order chi connectivity index (χ0) is 23.5. The molecule has 4 heterocycles. The van der Waals surface area contributed by atoms with Gasteiger partial charge in [-0.3, -0.25) is 19.1 Å². The van der Waals surface area contributed by atoms with Gasteiger partial charge in [-0.25, -0.2) is 9.80 Å². The number of likely N-dealkylation sites (N-methyl/N-ethyl adjacent to an activating group) is 1. The highest BCUT2D eigenvalue weighted by molar-refractivity contribution is 7.12. The van der Waals surface area contributed by atoms with Gasteiger partial charge in [0, 0.05) is 24.9 Å². The molecule has 33 heavy (non-hydrogen) atoms. The Kier molecular flexibility index (Phi) is 6.80. The van der Waals surface area contributed by atoms with Crippen LogP contribution in [0.2, 0.25) is 0 Å². The van der Waals surface area contributed by atoms with E-state index < -0.39 is 11.2 Å². The summed E-state index contributed by atoms with van der Waals surface area (Å²) in [6.07, 6.45) is 2.24. The minimum Gasteiger partial charge on any atom is -0.383 e. The number of hydrazone groups is 1. The standard InChI is InChI=1S/C22H26N6O3S2/c1-3-4-9-27-20(23)19(21(30)24-22(27)31)26(2)13-18(29)28-15(17-8-6-11-33-17)12-14(25-28)16-7-5-10-32-16/h5-8,10-11,15H,3-4,9,12-13,23H2,1-2H3,(H,24,30,31). The number of H-pyrrole nitrogens is 1. The van der Waals surface area contributed by atoms with Crippen LogP contribution in [0.15, 0.2) is 49.7 Å². The lowest BCUT2D eigenvalue weighted by Gasteiger charge is -2.25. The molecule has 1 aliphatic rings. The predicted octanol–water partition coefficient (Wildman–Crippen LogP) is 2.86. The number of unbranched alkanes of at least 4 members (excludes halogenated alkanes) is 1. The number of rotatable bonds is 8. The van der Waals surface area contributed by atoms with Crippen molar-refractivity contribution in [3.8, 4) is 0 Å². The van der Waals surface area contributed by atoms with E-state index in [1.54, 1.807) is 29.7 Å². The zero-order valence-electron chi connectivity index (χ0n) is 18.5. The molecule has 3 N–H and O–H groups in total. The lowest BCUT2D eigenvalue weighted by molar-refractivity contribution is -0.131. The fourth-order valence-electron chi connectivity index (χ4n) is 3.87. The zero-order valence-corrected chi connectivity index (χ0v) is 20.1. The first kappa shape index (κ1) is 23.0.